The van der Waals surface area contributed by atoms with Gasteiger partial charge in [-0.15, -0.1) is 6.58 Å². The fourth-order valence-electron chi connectivity index (χ4n) is 1.96. The summed E-state index contributed by atoms with van der Waals surface area (Å²) in [5.41, 5.74) is 1.70. The van der Waals surface area contributed by atoms with Crippen LogP contribution >= 0.6 is 0 Å². The van der Waals surface area contributed by atoms with Gasteiger partial charge in [0.2, 0.25) is 0 Å². The lowest BCUT2D eigenvalue weighted by molar-refractivity contribution is 0.286. The first-order chi connectivity index (χ1) is 10.7. The van der Waals surface area contributed by atoms with Crippen LogP contribution in [0.1, 0.15) is 30.9 Å². The van der Waals surface area contributed by atoms with Crippen LogP contribution in [0.3, 0.4) is 0 Å². The summed E-state index contributed by atoms with van der Waals surface area (Å²) in [6, 6.07) is 7.36. The molecule has 0 bridgehead atoms. The van der Waals surface area contributed by atoms with E-state index in [1.165, 1.54) is 6.08 Å². The number of rotatable bonds is 8. The smallest absolute Gasteiger partial charge is 0.164 e. The average Bonchev–Trinajstić information content (AvgIpc) is 2.54. The lowest BCUT2D eigenvalue weighted by Crippen LogP contribution is -2.02. The molecule has 0 aliphatic heterocycles. The number of nitriles is 2. The van der Waals surface area contributed by atoms with E-state index in [1.807, 2.05) is 18.2 Å². The predicted octanol–water partition coefficient (Wildman–Crippen LogP) is 4.03. The summed E-state index contributed by atoms with van der Waals surface area (Å²) < 4.78 is 11.2. The molecule has 0 amide bonds. The highest BCUT2D eigenvalue weighted by molar-refractivity contribution is 5.66. The van der Waals surface area contributed by atoms with Crippen LogP contribution in [0.5, 0.6) is 11.5 Å². The van der Waals surface area contributed by atoms with E-state index in [9.17, 15) is 0 Å². The molecule has 0 saturated heterocycles. The molecule has 0 aliphatic carbocycles. The summed E-state index contributed by atoms with van der Waals surface area (Å²) in [5.74, 6) is 1.29. The topological polar surface area (TPSA) is 66.0 Å². The van der Waals surface area contributed by atoms with Crippen molar-refractivity contribution in [3.05, 3.63) is 41.5 Å². The van der Waals surface area contributed by atoms with Gasteiger partial charge >= 0.3 is 0 Å². The second kappa shape index (κ2) is 9.26. The van der Waals surface area contributed by atoms with E-state index in [0.29, 0.717) is 24.5 Å². The van der Waals surface area contributed by atoms with E-state index in [0.717, 1.165) is 24.0 Å². The molecule has 4 heteroatoms. The first kappa shape index (κ1) is 17.3. The van der Waals surface area contributed by atoms with Crippen LogP contribution in [0.15, 0.2) is 30.4 Å². The van der Waals surface area contributed by atoms with Crippen molar-refractivity contribution in [3.8, 4) is 23.6 Å². The highest BCUT2D eigenvalue weighted by Gasteiger charge is 2.12. The van der Waals surface area contributed by atoms with Gasteiger partial charge < -0.3 is 9.47 Å². The van der Waals surface area contributed by atoms with Crippen molar-refractivity contribution in [2.45, 2.75) is 26.2 Å². The van der Waals surface area contributed by atoms with Gasteiger partial charge in [0.05, 0.1) is 13.7 Å². The Morgan fingerprint density at radius 1 is 1.32 bits per heavy atom. The Bertz CT molecular complexity index is 618. The summed E-state index contributed by atoms with van der Waals surface area (Å²) in [4.78, 5) is 0. The summed E-state index contributed by atoms with van der Waals surface area (Å²) in [6.07, 6.45) is 5.95. The number of nitrogens with zero attached hydrogens (tertiary/aromatic N) is 2. The molecular weight excluding hydrogens is 276 g/mol. The van der Waals surface area contributed by atoms with Crippen LogP contribution in [-0.2, 0) is 6.42 Å². The van der Waals surface area contributed by atoms with E-state index in [-0.39, 0.29) is 5.57 Å². The number of hydrogen-bond donors (Lipinski definition) is 0. The van der Waals surface area contributed by atoms with Crippen LogP contribution < -0.4 is 9.47 Å². The molecule has 1 rings (SSSR count). The first-order valence-electron chi connectivity index (χ1n) is 7.16. The monoisotopic (exact) mass is 296 g/mol. The van der Waals surface area contributed by atoms with Crippen molar-refractivity contribution in [3.63, 3.8) is 0 Å². The molecule has 1 aromatic rings. The summed E-state index contributed by atoms with van der Waals surface area (Å²) in [7, 11) is 1.57. The maximum atomic E-state index is 8.87. The third kappa shape index (κ3) is 4.68. The molecule has 0 aromatic heterocycles. The Kier molecular flexibility index (Phi) is 7.29. The molecule has 0 unspecified atom stereocenters. The fourth-order valence-corrected chi connectivity index (χ4v) is 1.96. The van der Waals surface area contributed by atoms with Gasteiger partial charge in [-0.2, -0.15) is 10.5 Å². The highest BCUT2D eigenvalue weighted by atomic mass is 16.5. The molecule has 4 nitrogen and oxygen atoms in total. The number of ether oxygens (including phenoxy) is 2. The van der Waals surface area contributed by atoms with Crippen LogP contribution in [-0.4, -0.2) is 13.7 Å². The van der Waals surface area contributed by atoms with Gasteiger partial charge in [-0.25, -0.2) is 0 Å². The molecule has 0 saturated carbocycles. The van der Waals surface area contributed by atoms with Crippen LogP contribution in [0.4, 0.5) is 0 Å². The predicted molar refractivity (Wildman–Crippen MR) is 86.5 cm³/mol. The van der Waals surface area contributed by atoms with Gasteiger partial charge in [-0.3, -0.25) is 0 Å². The number of benzene rings is 1. The quantitative estimate of drug-likeness (QED) is 0.412. The zero-order valence-electron chi connectivity index (χ0n) is 13.1. The number of methoxy groups -OCH3 is 1. The molecule has 0 heterocycles. The molecule has 0 aliphatic rings. The molecule has 1 aromatic carbocycles. The minimum Gasteiger partial charge on any atom is -0.493 e. The second-order valence-corrected chi connectivity index (χ2v) is 4.69. The molecule has 114 valence electrons. The van der Waals surface area contributed by atoms with Crippen molar-refractivity contribution >= 4 is 6.08 Å². The Balaban J connectivity index is 3.28. The van der Waals surface area contributed by atoms with Crippen molar-refractivity contribution < 1.29 is 9.47 Å². The molecule has 0 spiro atoms. The zero-order valence-corrected chi connectivity index (χ0v) is 13.1. The maximum absolute atomic E-state index is 8.87. The molecule has 0 atom stereocenters. The third-order valence-corrected chi connectivity index (χ3v) is 3.03. The Labute approximate surface area is 131 Å². The molecule has 0 fully saturated rings. The normalized spacial score (nSPS) is 9.27. The molecular formula is C18H20N2O2. The van der Waals surface area contributed by atoms with Crippen LogP contribution in [0.2, 0.25) is 0 Å². The lowest BCUT2D eigenvalue weighted by atomic mass is 10.0. The van der Waals surface area contributed by atoms with Crippen LogP contribution in [0, 0.1) is 22.7 Å². The van der Waals surface area contributed by atoms with Gasteiger partial charge in [0.1, 0.15) is 17.7 Å². The third-order valence-electron chi connectivity index (χ3n) is 3.03. The summed E-state index contributed by atoms with van der Waals surface area (Å²) >= 11 is 0. The van der Waals surface area contributed by atoms with Crippen molar-refractivity contribution in [1.29, 1.82) is 10.5 Å². The number of allylic oxidation sites excluding steroid dienone is 2. The van der Waals surface area contributed by atoms with Crippen LogP contribution in [0.25, 0.3) is 6.08 Å². The maximum Gasteiger partial charge on any atom is 0.164 e. The number of hydrogen-bond acceptors (Lipinski definition) is 4. The van der Waals surface area contributed by atoms with Gasteiger partial charge in [-0.1, -0.05) is 19.4 Å². The average molecular weight is 296 g/mol. The zero-order chi connectivity index (χ0) is 16.4. The first-order valence-corrected chi connectivity index (χ1v) is 7.16. The second-order valence-electron chi connectivity index (χ2n) is 4.69. The Morgan fingerprint density at radius 2 is 2.05 bits per heavy atom. The van der Waals surface area contributed by atoms with E-state index >= 15 is 0 Å². The van der Waals surface area contributed by atoms with Gasteiger partial charge in [0.25, 0.3) is 0 Å². The molecule has 0 radical (unpaired) electrons. The van der Waals surface area contributed by atoms with Gasteiger partial charge in [-0.05, 0) is 36.6 Å². The van der Waals surface area contributed by atoms with E-state index in [4.69, 9.17) is 20.0 Å². The van der Waals surface area contributed by atoms with E-state index in [1.54, 1.807) is 19.3 Å². The van der Waals surface area contributed by atoms with Crippen molar-refractivity contribution in [2.75, 3.05) is 13.7 Å². The number of unbranched alkanes of at least 4 members (excludes halogenated alkanes) is 1. The van der Waals surface area contributed by atoms with Gasteiger partial charge in [0.15, 0.2) is 11.5 Å². The Morgan fingerprint density at radius 3 is 2.59 bits per heavy atom. The van der Waals surface area contributed by atoms with Gasteiger partial charge in [0, 0.05) is 5.56 Å². The largest absolute Gasteiger partial charge is 0.493 e. The SMILES string of the molecule is C=CCc1cc(C=C(C#N)C#N)cc(OC)c1OCCCC. The standard InChI is InChI=1S/C18H20N2O2/c1-4-6-8-22-18-16(7-5-2)10-14(11-17(18)21-3)9-15(12-19)13-20/h5,9-11H,2,4,6-8H2,1,3H3. The minimum absolute atomic E-state index is 0.0475. The summed E-state index contributed by atoms with van der Waals surface area (Å²) in [6.45, 7) is 6.48. The molecule has 0 N–H and O–H groups in total. The fraction of sp³-hybridized carbons (Fsp3) is 0.333. The highest BCUT2D eigenvalue weighted by Crippen LogP contribution is 2.34. The lowest BCUT2D eigenvalue weighted by Gasteiger charge is -2.15. The molecule has 22 heavy (non-hydrogen) atoms. The van der Waals surface area contributed by atoms with Crippen molar-refractivity contribution in [1.82, 2.24) is 0 Å². The van der Waals surface area contributed by atoms with E-state index in [2.05, 4.69) is 13.5 Å². The minimum atomic E-state index is 0.0475. The summed E-state index contributed by atoms with van der Waals surface area (Å²) in [5, 5.41) is 17.7. The Hall–Kier alpha value is -2.72. The van der Waals surface area contributed by atoms with E-state index < -0.39 is 0 Å². The van der Waals surface area contributed by atoms with Crippen molar-refractivity contribution in [2.24, 2.45) is 0 Å².